The monoisotopic (exact) mass is 245 g/mol. The second-order valence-electron chi connectivity index (χ2n) is 3.80. The molecule has 5 nitrogen and oxygen atoms in total. The van der Waals surface area contributed by atoms with E-state index in [1.54, 1.807) is 14.0 Å². The molecule has 0 aromatic heterocycles. The summed E-state index contributed by atoms with van der Waals surface area (Å²) in [7, 11) is 1.62. The molecule has 0 bridgehead atoms. The zero-order valence-electron chi connectivity index (χ0n) is 11.2. The van der Waals surface area contributed by atoms with Crippen molar-refractivity contribution in [1.82, 2.24) is 4.90 Å². The molecule has 17 heavy (non-hydrogen) atoms. The number of rotatable bonds is 8. The van der Waals surface area contributed by atoms with Gasteiger partial charge in [-0.25, -0.2) is 0 Å². The van der Waals surface area contributed by atoms with E-state index < -0.39 is 0 Å². The number of hydrogen-bond acceptors (Lipinski definition) is 4. The maximum Gasteiger partial charge on any atom is 0.325 e. The van der Waals surface area contributed by atoms with Crippen molar-refractivity contribution in [2.24, 2.45) is 0 Å². The highest BCUT2D eigenvalue weighted by atomic mass is 16.5. The number of ether oxygens (including phenoxy) is 2. The maximum absolute atomic E-state index is 11.8. The predicted octanol–water partition coefficient (Wildman–Crippen LogP) is 1.21. The van der Waals surface area contributed by atoms with Gasteiger partial charge in [-0.3, -0.25) is 9.59 Å². The first kappa shape index (κ1) is 15.9. The maximum atomic E-state index is 11.8. The number of methoxy groups -OCH3 is 1. The summed E-state index contributed by atoms with van der Waals surface area (Å²) in [5.41, 5.74) is 0. The number of carbonyl (C=O) groups excluding carboxylic acids is 2. The molecular formula is C12H23NO4. The van der Waals surface area contributed by atoms with Crippen LogP contribution in [0.1, 0.15) is 33.6 Å². The van der Waals surface area contributed by atoms with Gasteiger partial charge in [0.05, 0.1) is 12.7 Å². The van der Waals surface area contributed by atoms with Crippen molar-refractivity contribution in [1.29, 1.82) is 0 Å². The van der Waals surface area contributed by atoms with E-state index in [4.69, 9.17) is 9.47 Å². The van der Waals surface area contributed by atoms with Crippen LogP contribution in [0.3, 0.4) is 0 Å². The molecule has 0 aliphatic heterocycles. The molecule has 5 heteroatoms. The van der Waals surface area contributed by atoms with Gasteiger partial charge >= 0.3 is 5.97 Å². The van der Waals surface area contributed by atoms with Crippen LogP contribution in [0.15, 0.2) is 0 Å². The number of amides is 1. The second kappa shape index (κ2) is 8.98. The Morgan fingerprint density at radius 3 is 2.41 bits per heavy atom. The summed E-state index contributed by atoms with van der Waals surface area (Å²) in [6, 6.07) is 0. The smallest absolute Gasteiger partial charge is 0.325 e. The van der Waals surface area contributed by atoms with Gasteiger partial charge in [-0.1, -0.05) is 0 Å². The van der Waals surface area contributed by atoms with E-state index in [1.165, 1.54) is 4.90 Å². The molecule has 1 amide bonds. The molecule has 1 unspecified atom stereocenters. The molecule has 0 aliphatic rings. The van der Waals surface area contributed by atoms with E-state index in [-0.39, 0.29) is 24.5 Å². The van der Waals surface area contributed by atoms with E-state index in [9.17, 15) is 9.59 Å². The number of likely N-dealkylation sites (N-methyl/N-ethyl adjacent to an activating group) is 1. The molecule has 0 aliphatic carbocycles. The molecule has 0 aromatic carbocycles. The molecule has 0 aromatic rings. The van der Waals surface area contributed by atoms with Gasteiger partial charge in [-0.15, -0.1) is 0 Å². The lowest BCUT2D eigenvalue weighted by molar-refractivity contribution is -0.149. The van der Waals surface area contributed by atoms with E-state index in [0.29, 0.717) is 26.0 Å². The van der Waals surface area contributed by atoms with Crippen molar-refractivity contribution in [2.45, 2.75) is 39.7 Å². The van der Waals surface area contributed by atoms with Crippen LogP contribution in [-0.4, -0.2) is 49.7 Å². The average molecular weight is 245 g/mol. The first-order valence-corrected chi connectivity index (χ1v) is 6.01. The summed E-state index contributed by atoms with van der Waals surface area (Å²) in [4.78, 5) is 24.6. The van der Waals surface area contributed by atoms with Crippen molar-refractivity contribution < 1.29 is 19.1 Å². The highest BCUT2D eigenvalue weighted by molar-refractivity contribution is 5.82. The summed E-state index contributed by atoms with van der Waals surface area (Å²) in [6.45, 7) is 6.39. The third kappa shape index (κ3) is 6.94. The minimum absolute atomic E-state index is 0.0323. The SMILES string of the molecule is CCOC(=O)CN(CC)C(=O)CCC(C)OC. The Labute approximate surface area is 103 Å². The van der Waals surface area contributed by atoms with Gasteiger partial charge in [0.1, 0.15) is 6.54 Å². The molecule has 0 saturated carbocycles. The zero-order chi connectivity index (χ0) is 13.3. The van der Waals surface area contributed by atoms with Crippen LogP contribution in [-0.2, 0) is 19.1 Å². The van der Waals surface area contributed by atoms with E-state index >= 15 is 0 Å². The van der Waals surface area contributed by atoms with Crippen LogP contribution in [0.25, 0.3) is 0 Å². The fourth-order valence-corrected chi connectivity index (χ4v) is 1.34. The van der Waals surface area contributed by atoms with Crippen LogP contribution in [0, 0.1) is 0 Å². The van der Waals surface area contributed by atoms with Crippen molar-refractivity contribution in [3.8, 4) is 0 Å². The topological polar surface area (TPSA) is 55.8 Å². The fraction of sp³-hybridized carbons (Fsp3) is 0.833. The first-order chi connectivity index (χ1) is 8.04. The number of esters is 1. The molecule has 0 spiro atoms. The standard InChI is InChI=1S/C12H23NO4/c1-5-13(9-12(15)17-6-2)11(14)8-7-10(3)16-4/h10H,5-9H2,1-4H3. The summed E-state index contributed by atoms with van der Waals surface area (Å²) in [5, 5.41) is 0. The highest BCUT2D eigenvalue weighted by Gasteiger charge is 2.16. The summed E-state index contributed by atoms with van der Waals surface area (Å²) in [5.74, 6) is -0.396. The first-order valence-electron chi connectivity index (χ1n) is 6.01. The lowest BCUT2D eigenvalue weighted by Gasteiger charge is -2.20. The van der Waals surface area contributed by atoms with E-state index in [1.807, 2.05) is 13.8 Å². The Kier molecular flexibility index (Phi) is 8.40. The van der Waals surface area contributed by atoms with E-state index in [2.05, 4.69) is 0 Å². The van der Waals surface area contributed by atoms with Gasteiger partial charge in [0.2, 0.25) is 5.91 Å². The van der Waals surface area contributed by atoms with Gasteiger partial charge < -0.3 is 14.4 Å². The minimum atomic E-state index is -0.359. The molecule has 0 heterocycles. The van der Waals surface area contributed by atoms with Gasteiger partial charge in [0.15, 0.2) is 0 Å². The van der Waals surface area contributed by atoms with Gasteiger partial charge in [0.25, 0.3) is 0 Å². The number of hydrogen-bond donors (Lipinski definition) is 0. The van der Waals surface area contributed by atoms with Crippen LogP contribution in [0.4, 0.5) is 0 Å². The van der Waals surface area contributed by atoms with Crippen molar-refractivity contribution in [3.63, 3.8) is 0 Å². The largest absolute Gasteiger partial charge is 0.465 e. The fourth-order valence-electron chi connectivity index (χ4n) is 1.34. The Hall–Kier alpha value is -1.10. The molecule has 0 fully saturated rings. The molecule has 0 N–H and O–H groups in total. The van der Waals surface area contributed by atoms with Gasteiger partial charge in [-0.2, -0.15) is 0 Å². The van der Waals surface area contributed by atoms with Crippen molar-refractivity contribution >= 4 is 11.9 Å². The third-order valence-corrected chi connectivity index (χ3v) is 2.53. The second-order valence-corrected chi connectivity index (χ2v) is 3.80. The third-order valence-electron chi connectivity index (χ3n) is 2.53. The van der Waals surface area contributed by atoms with Crippen molar-refractivity contribution in [3.05, 3.63) is 0 Å². The minimum Gasteiger partial charge on any atom is -0.465 e. The Morgan fingerprint density at radius 1 is 1.29 bits per heavy atom. The molecule has 100 valence electrons. The summed E-state index contributed by atoms with van der Waals surface area (Å²) in [6.07, 6.45) is 1.11. The number of nitrogens with zero attached hydrogens (tertiary/aromatic N) is 1. The molecule has 1 atom stereocenters. The zero-order valence-corrected chi connectivity index (χ0v) is 11.2. The summed E-state index contributed by atoms with van der Waals surface area (Å²) >= 11 is 0. The van der Waals surface area contributed by atoms with Crippen LogP contribution in [0.5, 0.6) is 0 Å². The van der Waals surface area contributed by atoms with Crippen LogP contribution < -0.4 is 0 Å². The molecule has 0 saturated heterocycles. The van der Waals surface area contributed by atoms with Crippen LogP contribution in [0.2, 0.25) is 0 Å². The summed E-state index contributed by atoms with van der Waals surface area (Å²) < 4.78 is 9.88. The van der Waals surface area contributed by atoms with Crippen LogP contribution >= 0.6 is 0 Å². The lowest BCUT2D eigenvalue weighted by atomic mass is 10.2. The average Bonchev–Trinajstić information content (AvgIpc) is 2.32. The Bertz CT molecular complexity index is 243. The Morgan fingerprint density at radius 2 is 1.94 bits per heavy atom. The normalized spacial score (nSPS) is 12.0. The van der Waals surface area contributed by atoms with Gasteiger partial charge in [0, 0.05) is 20.1 Å². The molecular weight excluding hydrogens is 222 g/mol. The lowest BCUT2D eigenvalue weighted by Crippen LogP contribution is -2.36. The quantitative estimate of drug-likeness (QED) is 0.603. The highest BCUT2D eigenvalue weighted by Crippen LogP contribution is 2.04. The Balaban J connectivity index is 4.07. The van der Waals surface area contributed by atoms with E-state index in [0.717, 1.165) is 0 Å². The molecule has 0 radical (unpaired) electrons. The predicted molar refractivity (Wildman–Crippen MR) is 64.6 cm³/mol. The molecule has 0 rings (SSSR count). The van der Waals surface area contributed by atoms with Crippen molar-refractivity contribution in [2.75, 3.05) is 26.8 Å². The van der Waals surface area contributed by atoms with Gasteiger partial charge in [-0.05, 0) is 27.2 Å². The number of carbonyl (C=O) groups is 2.